The highest BCUT2D eigenvalue weighted by Gasteiger charge is 2.22. The number of aromatic amines is 1. The Labute approximate surface area is 143 Å². The second-order valence-electron chi connectivity index (χ2n) is 6.15. The molecule has 0 aliphatic rings. The van der Waals surface area contributed by atoms with E-state index >= 15 is 0 Å². The highest BCUT2D eigenvalue weighted by Crippen LogP contribution is 2.29. The molecule has 0 unspecified atom stereocenters. The minimum absolute atomic E-state index is 0.878. The summed E-state index contributed by atoms with van der Waals surface area (Å²) in [5.74, 6) is 1.10. The van der Waals surface area contributed by atoms with Crippen molar-refractivity contribution in [2.24, 2.45) is 7.05 Å². The fourth-order valence-electron chi connectivity index (χ4n) is 3.08. The first-order chi connectivity index (χ1) is 11.5. The van der Waals surface area contributed by atoms with Gasteiger partial charge in [-0.15, -0.1) is 0 Å². The van der Waals surface area contributed by atoms with E-state index in [1.165, 1.54) is 16.7 Å². The topological polar surface area (TPSA) is 31.7 Å². The molecule has 0 saturated carbocycles. The largest absolute Gasteiger partial charge is 0.352 e. The maximum atomic E-state index is 4.07. The quantitative estimate of drug-likeness (QED) is 0.526. The van der Waals surface area contributed by atoms with Gasteiger partial charge in [0.05, 0.1) is 18.3 Å². The normalized spacial score (nSPS) is 11.3. The minimum Gasteiger partial charge on any atom is -0.352 e. The number of allylic oxidation sites excluding steroid dienone is 2. The average Bonchev–Trinajstić information content (AvgIpc) is 2.88. The van der Waals surface area contributed by atoms with E-state index in [2.05, 4.69) is 78.7 Å². The fraction of sp³-hybridized carbons (Fsp3) is 0.190. The average molecular weight is 318 g/mol. The van der Waals surface area contributed by atoms with Crippen LogP contribution in [0.4, 0.5) is 5.69 Å². The Morgan fingerprint density at radius 1 is 1.12 bits per heavy atom. The molecule has 0 fully saturated rings. The van der Waals surface area contributed by atoms with Crippen LogP contribution in [0.15, 0.2) is 60.8 Å². The third-order valence-corrected chi connectivity index (χ3v) is 4.39. The van der Waals surface area contributed by atoms with Gasteiger partial charge in [-0.3, -0.25) is 0 Å². The van der Waals surface area contributed by atoms with Gasteiger partial charge in [-0.05, 0) is 50.1 Å². The van der Waals surface area contributed by atoms with Crippen molar-refractivity contribution < 1.29 is 4.57 Å². The lowest BCUT2D eigenvalue weighted by atomic mass is 10.1. The first-order valence-electron chi connectivity index (χ1n) is 8.19. The summed E-state index contributed by atoms with van der Waals surface area (Å²) in [6, 6.07) is 12.7. The van der Waals surface area contributed by atoms with Crippen LogP contribution in [0.5, 0.6) is 0 Å². The minimum atomic E-state index is 0.878. The van der Waals surface area contributed by atoms with Crippen molar-refractivity contribution in [1.29, 1.82) is 0 Å². The molecular weight excluding hydrogens is 294 g/mol. The fourth-order valence-corrected chi connectivity index (χ4v) is 3.08. The summed E-state index contributed by atoms with van der Waals surface area (Å²) in [7, 11) is 2.10. The lowest BCUT2D eigenvalue weighted by molar-refractivity contribution is -0.633. The molecule has 1 heterocycles. The van der Waals surface area contributed by atoms with Crippen molar-refractivity contribution in [2.45, 2.75) is 20.8 Å². The summed E-state index contributed by atoms with van der Waals surface area (Å²) in [5, 5.41) is 3.43. The molecule has 3 heteroatoms. The molecule has 3 nitrogen and oxygen atoms in total. The number of hydrogen-bond acceptors (Lipinski definition) is 1. The smallest absolute Gasteiger partial charge is 0.287 e. The molecule has 2 N–H and O–H groups in total. The third kappa shape index (κ3) is 2.73. The van der Waals surface area contributed by atoms with E-state index in [0.29, 0.717) is 0 Å². The van der Waals surface area contributed by atoms with Crippen LogP contribution < -0.4 is 9.88 Å². The van der Waals surface area contributed by atoms with Crippen molar-refractivity contribution in [3.05, 3.63) is 72.0 Å². The third-order valence-electron chi connectivity index (χ3n) is 4.39. The second-order valence-corrected chi connectivity index (χ2v) is 6.15. The molecule has 0 atom stereocenters. The lowest BCUT2D eigenvalue weighted by Crippen LogP contribution is -2.29. The molecule has 0 aliphatic carbocycles. The van der Waals surface area contributed by atoms with Crippen LogP contribution >= 0.6 is 0 Å². The summed E-state index contributed by atoms with van der Waals surface area (Å²) in [6.07, 6.45) is 3.96. The lowest BCUT2D eigenvalue weighted by Gasteiger charge is -2.08. The predicted octanol–water partition coefficient (Wildman–Crippen LogP) is 4.78. The summed E-state index contributed by atoms with van der Waals surface area (Å²) in [4.78, 5) is 3.61. The maximum Gasteiger partial charge on any atom is 0.287 e. The number of fused-ring (bicyclic) bond motifs is 1. The van der Waals surface area contributed by atoms with Gasteiger partial charge in [0.25, 0.3) is 5.82 Å². The van der Waals surface area contributed by atoms with Gasteiger partial charge >= 0.3 is 0 Å². The Bertz CT molecular complexity index is 945. The van der Waals surface area contributed by atoms with Gasteiger partial charge in [0.15, 0.2) is 11.0 Å². The Balaban J connectivity index is 2.21. The van der Waals surface area contributed by atoms with Crippen molar-refractivity contribution in [1.82, 2.24) is 4.98 Å². The van der Waals surface area contributed by atoms with Crippen LogP contribution in [-0.2, 0) is 7.05 Å². The Morgan fingerprint density at radius 3 is 2.58 bits per heavy atom. The number of aryl methyl sites for hydroxylation is 3. The SMILES string of the molecule is C=C(/C=C\C)Nc1c(C)ccc2c1[nH]c(-c1ccccc1C)[n+]2C. The molecule has 0 spiro atoms. The van der Waals surface area contributed by atoms with Gasteiger partial charge in [0.2, 0.25) is 0 Å². The van der Waals surface area contributed by atoms with Crippen molar-refractivity contribution in [3.8, 4) is 11.4 Å². The maximum absolute atomic E-state index is 4.07. The van der Waals surface area contributed by atoms with Crippen LogP contribution in [0.3, 0.4) is 0 Å². The number of anilines is 1. The molecule has 3 rings (SSSR count). The first-order valence-corrected chi connectivity index (χ1v) is 8.19. The first kappa shape index (κ1) is 16.1. The van der Waals surface area contributed by atoms with Gasteiger partial charge in [-0.25, -0.2) is 9.55 Å². The number of aromatic nitrogens is 2. The van der Waals surface area contributed by atoms with Gasteiger partial charge in [-0.2, -0.15) is 0 Å². The molecule has 0 aliphatic heterocycles. The zero-order chi connectivity index (χ0) is 17.3. The van der Waals surface area contributed by atoms with Gasteiger partial charge in [-0.1, -0.05) is 36.9 Å². The summed E-state index contributed by atoms with van der Waals surface area (Å²) < 4.78 is 2.21. The monoisotopic (exact) mass is 318 g/mol. The van der Waals surface area contributed by atoms with E-state index in [1.807, 2.05) is 19.1 Å². The molecule has 0 bridgehead atoms. The number of nitrogens with zero attached hydrogens (tertiary/aromatic N) is 1. The van der Waals surface area contributed by atoms with E-state index in [4.69, 9.17) is 0 Å². The number of hydrogen-bond donors (Lipinski definition) is 2. The molecule has 3 aromatic rings. The van der Waals surface area contributed by atoms with Crippen LogP contribution in [-0.4, -0.2) is 4.98 Å². The second kappa shape index (κ2) is 6.36. The zero-order valence-electron chi connectivity index (χ0n) is 14.8. The van der Waals surface area contributed by atoms with Crippen molar-refractivity contribution >= 4 is 16.7 Å². The Hall–Kier alpha value is -2.81. The van der Waals surface area contributed by atoms with E-state index < -0.39 is 0 Å². The highest BCUT2D eigenvalue weighted by molar-refractivity contribution is 5.90. The van der Waals surface area contributed by atoms with Crippen molar-refractivity contribution in [2.75, 3.05) is 5.32 Å². The molecule has 24 heavy (non-hydrogen) atoms. The summed E-state index contributed by atoms with van der Waals surface area (Å²) >= 11 is 0. The van der Waals surface area contributed by atoms with Gasteiger partial charge in [0.1, 0.15) is 0 Å². The number of H-pyrrole nitrogens is 1. The van der Waals surface area contributed by atoms with E-state index in [9.17, 15) is 0 Å². The number of rotatable bonds is 4. The zero-order valence-corrected chi connectivity index (χ0v) is 14.8. The summed E-state index contributed by atoms with van der Waals surface area (Å²) in [5.41, 5.74) is 7.87. The molecule has 0 radical (unpaired) electrons. The molecular formula is C21H24N3+. The van der Waals surface area contributed by atoms with Crippen LogP contribution in [0.2, 0.25) is 0 Å². The highest BCUT2D eigenvalue weighted by atomic mass is 15.1. The van der Waals surface area contributed by atoms with E-state index in [1.54, 1.807) is 0 Å². The standard InChI is InChI=1S/C21H23N3/c1-6-9-16(4)22-19-15(3)12-13-18-20(19)23-21(24(18)5)17-11-8-7-10-14(17)2/h6-13,22H,4H2,1-3,5H3/p+1/b9-6-. The molecule has 1 aromatic heterocycles. The Morgan fingerprint density at radius 2 is 1.88 bits per heavy atom. The molecule has 122 valence electrons. The molecule has 0 amide bonds. The predicted molar refractivity (Wildman–Crippen MR) is 102 cm³/mol. The number of benzene rings is 2. The van der Waals surface area contributed by atoms with Crippen LogP contribution in [0.25, 0.3) is 22.4 Å². The van der Waals surface area contributed by atoms with E-state index in [-0.39, 0.29) is 0 Å². The van der Waals surface area contributed by atoms with Gasteiger partial charge < -0.3 is 5.32 Å². The molecule has 2 aromatic carbocycles. The van der Waals surface area contributed by atoms with Gasteiger partial charge in [0, 0.05) is 5.70 Å². The summed E-state index contributed by atoms with van der Waals surface area (Å²) in [6.45, 7) is 10.3. The number of nitrogens with one attached hydrogen (secondary N) is 2. The van der Waals surface area contributed by atoms with E-state index in [0.717, 1.165) is 28.2 Å². The van der Waals surface area contributed by atoms with Crippen LogP contribution in [0.1, 0.15) is 18.1 Å². The number of imidazole rings is 1. The van der Waals surface area contributed by atoms with Crippen molar-refractivity contribution in [3.63, 3.8) is 0 Å². The van der Waals surface area contributed by atoms with Crippen LogP contribution in [0, 0.1) is 13.8 Å². The molecule has 0 saturated heterocycles. The Kier molecular flexibility index (Phi) is 4.26.